The van der Waals surface area contributed by atoms with Gasteiger partial charge in [0.2, 0.25) is 11.1 Å². The van der Waals surface area contributed by atoms with Gasteiger partial charge in [-0.2, -0.15) is 4.98 Å². The Morgan fingerprint density at radius 2 is 2.00 bits per heavy atom. The molecule has 0 unspecified atom stereocenters. The van der Waals surface area contributed by atoms with E-state index in [-0.39, 0.29) is 23.1 Å². The highest BCUT2D eigenvalue weighted by atomic mass is 32.2. The second kappa shape index (κ2) is 7.94. The molecule has 1 N–H and O–H groups in total. The van der Waals surface area contributed by atoms with Crippen LogP contribution >= 0.6 is 11.8 Å². The summed E-state index contributed by atoms with van der Waals surface area (Å²) in [7, 11) is 0. The van der Waals surface area contributed by atoms with Crippen molar-refractivity contribution in [2.24, 2.45) is 5.41 Å². The van der Waals surface area contributed by atoms with E-state index in [0.29, 0.717) is 17.5 Å². The third kappa shape index (κ3) is 4.10. The van der Waals surface area contributed by atoms with Gasteiger partial charge in [-0.15, -0.1) is 5.10 Å². The fraction of sp³-hybridized carbons (Fsp3) is 0.500. The Morgan fingerprint density at radius 3 is 2.72 bits per heavy atom. The second-order valence-corrected chi connectivity index (χ2v) is 9.69. The molecule has 0 radical (unpaired) electrons. The first kappa shape index (κ1) is 20.1. The Bertz CT molecular complexity index is 948. The lowest BCUT2D eigenvalue weighted by Crippen LogP contribution is -2.36. The van der Waals surface area contributed by atoms with Crippen molar-refractivity contribution in [2.45, 2.75) is 64.1 Å². The molecule has 0 bridgehead atoms. The van der Waals surface area contributed by atoms with Crippen molar-refractivity contribution in [1.29, 1.82) is 0 Å². The number of aromatic nitrogens is 3. The number of fused-ring (bicyclic) bond motifs is 1. The van der Waals surface area contributed by atoms with Crippen molar-refractivity contribution in [1.82, 2.24) is 14.8 Å². The number of anilines is 1. The molecular weight excluding hydrogens is 387 g/mol. The van der Waals surface area contributed by atoms with Gasteiger partial charge in [-0.25, -0.2) is 9.07 Å². The van der Waals surface area contributed by atoms with Gasteiger partial charge in [0.1, 0.15) is 11.9 Å². The summed E-state index contributed by atoms with van der Waals surface area (Å²) in [6.45, 7) is 6.40. The summed E-state index contributed by atoms with van der Waals surface area (Å²) in [5.41, 5.74) is 2.40. The Hall–Kier alpha value is -2.15. The Morgan fingerprint density at radius 1 is 1.24 bits per heavy atom. The van der Waals surface area contributed by atoms with Gasteiger partial charge in [0.15, 0.2) is 5.78 Å². The average molecular weight is 415 g/mol. The van der Waals surface area contributed by atoms with Crippen molar-refractivity contribution in [2.75, 3.05) is 11.1 Å². The largest absolute Gasteiger partial charge is 0.328 e. The monoisotopic (exact) mass is 414 g/mol. The molecule has 0 amide bonds. The molecule has 0 saturated heterocycles. The number of ketones is 1. The van der Waals surface area contributed by atoms with E-state index >= 15 is 0 Å². The summed E-state index contributed by atoms with van der Waals surface area (Å²) in [6.07, 6.45) is 4.76. The van der Waals surface area contributed by atoms with E-state index in [9.17, 15) is 9.18 Å². The number of nitrogens with zero attached hydrogens (tertiary/aromatic N) is 3. The third-order valence-corrected chi connectivity index (χ3v) is 6.40. The van der Waals surface area contributed by atoms with E-state index in [1.165, 1.54) is 25.0 Å². The van der Waals surface area contributed by atoms with Gasteiger partial charge in [0.05, 0.1) is 0 Å². The van der Waals surface area contributed by atoms with Crippen LogP contribution in [-0.2, 0) is 4.79 Å². The molecule has 1 aliphatic carbocycles. The maximum Gasteiger partial charge on any atom is 0.227 e. The number of rotatable bonds is 6. The number of hydrogen-bond acceptors (Lipinski definition) is 5. The number of halogens is 1. The zero-order valence-corrected chi connectivity index (χ0v) is 18.0. The van der Waals surface area contributed by atoms with Crippen molar-refractivity contribution >= 4 is 23.5 Å². The maximum atomic E-state index is 13.5. The number of hydrogen-bond donors (Lipinski definition) is 1. The number of nitrogens with one attached hydrogen (secondary N) is 1. The molecule has 4 rings (SSSR count). The van der Waals surface area contributed by atoms with Crippen LogP contribution in [0.4, 0.5) is 10.3 Å². The minimum absolute atomic E-state index is 0.101. The van der Waals surface area contributed by atoms with E-state index in [1.54, 1.807) is 28.6 Å². The molecule has 0 saturated carbocycles. The minimum atomic E-state index is -0.372. The second-order valence-electron chi connectivity index (χ2n) is 8.63. The normalized spacial score (nSPS) is 20.3. The fourth-order valence-corrected chi connectivity index (χ4v) is 4.95. The Labute approximate surface area is 175 Å². The van der Waals surface area contributed by atoms with Crippen LogP contribution in [0.25, 0.3) is 0 Å². The van der Waals surface area contributed by atoms with Crippen LogP contribution in [0, 0.1) is 11.2 Å². The van der Waals surface area contributed by atoms with E-state index in [2.05, 4.69) is 31.1 Å². The minimum Gasteiger partial charge on any atom is -0.328 e. The van der Waals surface area contributed by atoms with Crippen molar-refractivity contribution in [3.05, 3.63) is 46.9 Å². The fourth-order valence-electron chi connectivity index (χ4n) is 4.12. The molecule has 2 aromatic rings. The van der Waals surface area contributed by atoms with Crippen LogP contribution in [-0.4, -0.2) is 26.3 Å². The zero-order chi connectivity index (χ0) is 20.6. The van der Waals surface area contributed by atoms with Crippen molar-refractivity contribution < 1.29 is 9.18 Å². The van der Waals surface area contributed by atoms with Crippen molar-refractivity contribution in [3.63, 3.8) is 0 Å². The summed E-state index contributed by atoms with van der Waals surface area (Å²) in [5.74, 6) is 1.45. The summed E-state index contributed by atoms with van der Waals surface area (Å²) in [4.78, 5) is 17.8. The van der Waals surface area contributed by atoms with E-state index < -0.39 is 0 Å². The van der Waals surface area contributed by atoms with Crippen LogP contribution in [0.2, 0.25) is 0 Å². The smallest absolute Gasteiger partial charge is 0.227 e. The first-order chi connectivity index (χ1) is 13.9. The summed E-state index contributed by atoms with van der Waals surface area (Å²) in [5, 5.41) is 8.81. The molecular formula is C22H27FN4OS. The number of allylic oxidation sites excluding steroid dienone is 2. The number of unbranched alkanes of at least 4 members (excludes halogenated alkanes) is 2. The highest BCUT2D eigenvalue weighted by Gasteiger charge is 2.41. The number of benzene rings is 1. The lowest BCUT2D eigenvalue weighted by Gasteiger charge is -2.38. The molecule has 0 spiro atoms. The van der Waals surface area contributed by atoms with Crippen LogP contribution in [0.1, 0.15) is 64.5 Å². The molecule has 2 aliphatic rings. The van der Waals surface area contributed by atoms with Gasteiger partial charge >= 0.3 is 0 Å². The molecule has 1 aromatic carbocycles. The Kier molecular flexibility index (Phi) is 5.51. The van der Waals surface area contributed by atoms with Crippen LogP contribution in [0.5, 0.6) is 0 Å². The molecule has 29 heavy (non-hydrogen) atoms. The van der Waals surface area contributed by atoms with Crippen molar-refractivity contribution in [3.8, 4) is 0 Å². The van der Waals surface area contributed by atoms with Crippen LogP contribution in [0.15, 0.2) is 40.7 Å². The number of carbonyl (C=O) groups excluding carboxylic acids is 1. The van der Waals surface area contributed by atoms with Crippen LogP contribution in [0.3, 0.4) is 0 Å². The topological polar surface area (TPSA) is 59.8 Å². The SMILES string of the molecule is CCCCCSc1nc2n(n1)[C@H](c1ccc(F)cc1)C1=C(CC(C)(C)CC1=O)N2. The molecule has 5 nitrogen and oxygen atoms in total. The number of carbonyl (C=O) groups is 1. The van der Waals surface area contributed by atoms with Gasteiger partial charge in [-0.3, -0.25) is 4.79 Å². The lowest BCUT2D eigenvalue weighted by molar-refractivity contribution is -0.118. The van der Waals surface area contributed by atoms with Crippen LogP contribution < -0.4 is 5.32 Å². The van der Waals surface area contributed by atoms with Gasteiger partial charge in [-0.1, -0.05) is 57.5 Å². The number of thioether (sulfide) groups is 1. The third-order valence-electron chi connectivity index (χ3n) is 5.48. The van der Waals surface area contributed by atoms with Gasteiger partial charge in [-0.05, 0) is 36.0 Å². The molecule has 2 heterocycles. The summed E-state index contributed by atoms with van der Waals surface area (Å²) < 4.78 is 15.3. The van der Waals surface area contributed by atoms with Gasteiger partial charge in [0, 0.05) is 23.4 Å². The first-order valence-electron chi connectivity index (χ1n) is 10.3. The predicted molar refractivity (Wildman–Crippen MR) is 113 cm³/mol. The highest BCUT2D eigenvalue weighted by molar-refractivity contribution is 7.99. The van der Waals surface area contributed by atoms with E-state index in [4.69, 9.17) is 5.10 Å². The summed E-state index contributed by atoms with van der Waals surface area (Å²) in [6, 6.07) is 5.98. The first-order valence-corrected chi connectivity index (χ1v) is 11.2. The predicted octanol–water partition coefficient (Wildman–Crippen LogP) is 5.36. The molecule has 1 aliphatic heterocycles. The quantitative estimate of drug-likeness (QED) is 0.509. The average Bonchev–Trinajstić information content (AvgIpc) is 3.06. The summed E-state index contributed by atoms with van der Waals surface area (Å²) >= 11 is 1.64. The standard InChI is InChI=1S/C22H27FN4OS/c1-4-5-6-11-29-21-25-20-24-16-12-22(2,3)13-17(28)18(16)19(27(20)26-21)14-7-9-15(23)10-8-14/h7-10,19H,4-6,11-13H2,1-3H3,(H,24,25,26)/t19-/m1/s1. The van der Waals surface area contributed by atoms with E-state index in [1.807, 2.05) is 0 Å². The lowest BCUT2D eigenvalue weighted by atomic mass is 9.73. The Balaban J connectivity index is 1.73. The molecule has 7 heteroatoms. The molecule has 154 valence electrons. The van der Waals surface area contributed by atoms with Gasteiger partial charge in [0.25, 0.3) is 0 Å². The molecule has 0 fully saturated rings. The van der Waals surface area contributed by atoms with E-state index in [0.717, 1.165) is 35.4 Å². The molecule has 1 aromatic heterocycles. The highest BCUT2D eigenvalue weighted by Crippen LogP contribution is 2.45. The van der Waals surface area contributed by atoms with Gasteiger partial charge < -0.3 is 5.32 Å². The number of Topliss-reactive ketones (excluding diaryl/α,β-unsaturated/α-hetero) is 1. The maximum absolute atomic E-state index is 13.5. The molecule has 1 atom stereocenters. The zero-order valence-electron chi connectivity index (χ0n) is 17.2.